The number of carbonyl (C=O) groups excluding carboxylic acids is 2. The normalized spacial score (nSPS) is 16.4. The molecule has 1 aliphatic rings. The molecule has 0 aliphatic carbocycles. The van der Waals surface area contributed by atoms with Crippen LogP contribution in [0.4, 0.5) is 10.6 Å². The lowest BCUT2D eigenvalue weighted by atomic mass is 10.3. The van der Waals surface area contributed by atoms with Crippen LogP contribution in [0.3, 0.4) is 0 Å². The second-order valence-corrected chi connectivity index (χ2v) is 6.00. The molecule has 0 bridgehead atoms. The van der Waals surface area contributed by atoms with E-state index in [0.29, 0.717) is 38.4 Å². The third-order valence-corrected chi connectivity index (χ3v) is 4.03. The molecule has 1 saturated heterocycles. The third-order valence-electron chi connectivity index (χ3n) is 4.03. The van der Waals surface area contributed by atoms with Crippen molar-refractivity contribution >= 4 is 17.8 Å². The highest BCUT2D eigenvalue weighted by Gasteiger charge is 2.33. The van der Waals surface area contributed by atoms with Crippen LogP contribution in [0.25, 0.3) is 0 Å². The average molecular weight is 358 g/mol. The summed E-state index contributed by atoms with van der Waals surface area (Å²) in [6.45, 7) is 1.15. The van der Waals surface area contributed by atoms with Crippen molar-refractivity contribution in [2.75, 3.05) is 24.6 Å². The molecule has 2 aromatic rings. The summed E-state index contributed by atoms with van der Waals surface area (Å²) in [7, 11) is 1.76. The summed E-state index contributed by atoms with van der Waals surface area (Å²) in [5, 5.41) is 6.85. The third kappa shape index (κ3) is 4.53. The summed E-state index contributed by atoms with van der Waals surface area (Å²) in [6.07, 6.45) is 1.80. The maximum absolute atomic E-state index is 12.0. The van der Waals surface area contributed by atoms with Crippen LogP contribution in [0.2, 0.25) is 0 Å². The highest BCUT2D eigenvalue weighted by molar-refractivity contribution is 5.88. The Kier molecular flexibility index (Phi) is 5.73. The average Bonchev–Trinajstić information content (AvgIpc) is 3.23. The van der Waals surface area contributed by atoms with Crippen LogP contribution >= 0.6 is 0 Å². The first-order chi connectivity index (χ1) is 12.6. The first-order valence-corrected chi connectivity index (χ1v) is 8.54. The standard InChI is InChI=1S/C18H22N4O4/c1-21-17(9-10-20-21)22-13-15(26-18(22)24)12-19-16(23)8-5-11-25-14-6-3-2-4-7-14/h2-4,6-7,9-10,15H,5,8,11-13H2,1H3,(H,19,23). The van der Waals surface area contributed by atoms with Gasteiger partial charge < -0.3 is 14.8 Å². The molecule has 1 aromatic heterocycles. The maximum atomic E-state index is 12.0. The Morgan fingerprint density at radius 3 is 2.88 bits per heavy atom. The van der Waals surface area contributed by atoms with Crippen LogP contribution in [-0.2, 0) is 16.6 Å². The van der Waals surface area contributed by atoms with Crippen LogP contribution in [0.15, 0.2) is 42.6 Å². The molecule has 26 heavy (non-hydrogen) atoms. The number of aromatic nitrogens is 2. The van der Waals surface area contributed by atoms with Gasteiger partial charge in [0.1, 0.15) is 17.7 Å². The van der Waals surface area contributed by atoms with E-state index in [9.17, 15) is 9.59 Å². The van der Waals surface area contributed by atoms with E-state index in [1.165, 1.54) is 4.90 Å². The summed E-state index contributed by atoms with van der Waals surface area (Å²) >= 11 is 0. The van der Waals surface area contributed by atoms with Crippen molar-refractivity contribution in [3.05, 3.63) is 42.6 Å². The Balaban J connectivity index is 1.34. The van der Waals surface area contributed by atoms with E-state index in [1.54, 1.807) is 24.0 Å². The number of benzene rings is 1. The lowest BCUT2D eigenvalue weighted by Gasteiger charge is -2.12. The summed E-state index contributed by atoms with van der Waals surface area (Å²) in [5.41, 5.74) is 0. The van der Waals surface area contributed by atoms with Crippen molar-refractivity contribution in [1.29, 1.82) is 0 Å². The van der Waals surface area contributed by atoms with Gasteiger partial charge in [0.2, 0.25) is 5.91 Å². The van der Waals surface area contributed by atoms with Crippen LogP contribution < -0.4 is 15.0 Å². The molecule has 138 valence electrons. The van der Waals surface area contributed by atoms with Crippen molar-refractivity contribution in [1.82, 2.24) is 15.1 Å². The quantitative estimate of drug-likeness (QED) is 0.726. The number of ether oxygens (including phenoxy) is 2. The van der Waals surface area contributed by atoms with Gasteiger partial charge in [-0.25, -0.2) is 4.79 Å². The van der Waals surface area contributed by atoms with Crippen molar-refractivity contribution in [2.45, 2.75) is 18.9 Å². The number of rotatable bonds is 8. The Morgan fingerprint density at radius 2 is 2.15 bits per heavy atom. The Labute approximate surface area is 151 Å². The number of nitrogens with zero attached hydrogens (tertiary/aromatic N) is 3. The molecule has 1 aliphatic heterocycles. The summed E-state index contributed by atoms with van der Waals surface area (Å²) in [5.74, 6) is 1.37. The van der Waals surface area contributed by atoms with Gasteiger partial charge in [-0.2, -0.15) is 5.10 Å². The Bertz CT molecular complexity index is 747. The molecule has 1 atom stereocenters. The molecular weight excluding hydrogens is 336 g/mol. The van der Waals surface area contributed by atoms with E-state index in [0.717, 1.165) is 5.75 Å². The SMILES string of the molecule is Cn1nccc1N1CC(CNC(=O)CCCOc2ccccc2)OC1=O. The molecule has 0 radical (unpaired) electrons. The number of carbonyl (C=O) groups is 2. The van der Waals surface area contributed by atoms with E-state index in [-0.39, 0.29) is 12.0 Å². The van der Waals surface area contributed by atoms with Crippen molar-refractivity contribution < 1.29 is 19.1 Å². The first kappa shape index (κ1) is 17.8. The number of hydrogen-bond acceptors (Lipinski definition) is 5. The zero-order chi connectivity index (χ0) is 18.4. The van der Waals surface area contributed by atoms with Gasteiger partial charge in [-0.15, -0.1) is 0 Å². The summed E-state index contributed by atoms with van der Waals surface area (Å²) in [4.78, 5) is 25.4. The number of hydrogen-bond donors (Lipinski definition) is 1. The lowest BCUT2D eigenvalue weighted by molar-refractivity contribution is -0.121. The van der Waals surface area contributed by atoms with Gasteiger partial charge in [-0.1, -0.05) is 18.2 Å². The van der Waals surface area contributed by atoms with Crippen molar-refractivity contribution in [2.24, 2.45) is 7.05 Å². The Morgan fingerprint density at radius 1 is 1.35 bits per heavy atom. The second kappa shape index (κ2) is 8.37. The smallest absolute Gasteiger partial charge is 0.416 e. The summed E-state index contributed by atoms with van der Waals surface area (Å²) < 4.78 is 12.4. The monoisotopic (exact) mass is 358 g/mol. The van der Waals surface area contributed by atoms with Crippen LogP contribution in [0, 0.1) is 0 Å². The van der Waals surface area contributed by atoms with Gasteiger partial charge in [0.25, 0.3) is 0 Å². The molecule has 2 amide bonds. The number of amides is 2. The first-order valence-electron chi connectivity index (χ1n) is 8.54. The van der Waals surface area contributed by atoms with Gasteiger partial charge >= 0.3 is 6.09 Å². The fourth-order valence-corrected chi connectivity index (χ4v) is 2.70. The largest absolute Gasteiger partial charge is 0.494 e. The molecular formula is C18H22N4O4. The van der Waals surface area contributed by atoms with E-state index in [4.69, 9.17) is 9.47 Å². The van der Waals surface area contributed by atoms with E-state index in [2.05, 4.69) is 10.4 Å². The summed E-state index contributed by atoms with van der Waals surface area (Å²) in [6, 6.07) is 11.2. The van der Waals surface area contributed by atoms with E-state index >= 15 is 0 Å². The number of cyclic esters (lactones) is 1. The molecule has 1 N–H and O–H groups in total. The zero-order valence-corrected chi connectivity index (χ0v) is 14.6. The van der Waals surface area contributed by atoms with E-state index in [1.807, 2.05) is 30.3 Å². The van der Waals surface area contributed by atoms with E-state index < -0.39 is 6.09 Å². The predicted molar refractivity (Wildman–Crippen MR) is 95.0 cm³/mol. The van der Waals surface area contributed by atoms with Crippen LogP contribution in [-0.4, -0.2) is 47.6 Å². The fraction of sp³-hybridized carbons (Fsp3) is 0.389. The van der Waals surface area contributed by atoms with Crippen molar-refractivity contribution in [3.63, 3.8) is 0 Å². The van der Waals surface area contributed by atoms with Crippen molar-refractivity contribution in [3.8, 4) is 5.75 Å². The minimum Gasteiger partial charge on any atom is -0.494 e. The zero-order valence-electron chi connectivity index (χ0n) is 14.6. The molecule has 2 heterocycles. The molecule has 8 nitrogen and oxygen atoms in total. The molecule has 1 unspecified atom stereocenters. The highest BCUT2D eigenvalue weighted by Crippen LogP contribution is 2.20. The topological polar surface area (TPSA) is 85.7 Å². The van der Waals surface area contributed by atoms with Gasteiger partial charge in [0.15, 0.2) is 0 Å². The highest BCUT2D eigenvalue weighted by atomic mass is 16.6. The van der Waals surface area contributed by atoms with Crippen LogP contribution in [0.1, 0.15) is 12.8 Å². The molecule has 3 rings (SSSR count). The number of nitrogens with one attached hydrogen (secondary N) is 1. The molecule has 1 aromatic carbocycles. The second-order valence-electron chi connectivity index (χ2n) is 6.00. The van der Waals surface area contributed by atoms with Gasteiger partial charge in [0, 0.05) is 19.5 Å². The minimum absolute atomic E-state index is 0.0864. The Hall–Kier alpha value is -3.03. The predicted octanol–water partition coefficient (Wildman–Crippen LogP) is 1.72. The van der Waals surface area contributed by atoms with Crippen LogP contribution in [0.5, 0.6) is 5.75 Å². The fourth-order valence-electron chi connectivity index (χ4n) is 2.70. The number of aryl methyl sites for hydroxylation is 1. The molecule has 8 heteroatoms. The maximum Gasteiger partial charge on any atom is 0.416 e. The lowest BCUT2D eigenvalue weighted by Crippen LogP contribution is -2.35. The van der Waals surface area contributed by atoms with Gasteiger partial charge in [0.05, 0.1) is 25.9 Å². The number of para-hydroxylation sites is 1. The number of anilines is 1. The molecule has 0 saturated carbocycles. The van der Waals surface area contributed by atoms with Gasteiger partial charge in [-0.05, 0) is 18.6 Å². The molecule has 1 fully saturated rings. The molecule has 0 spiro atoms. The van der Waals surface area contributed by atoms with Gasteiger partial charge in [-0.3, -0.25) is 14.4 Å². The minimum atomic E-state index is -0.427.